The molecule has 0 amide bonds. The highest BCUT2D eigenvalue weighted by Gasteiger charge is 2.41. The third-order valence-electron chi connectivity index (χ3n) is 3.51. The number of aromatic amines is 1. The Balaban J connectivity index is 2.04. The van der Waals surface area contributed by atoms with Crippen molar-refractivity contribution in [3.05, 3.63) is 33.1 Å². The fraction of sp³-hybridized carbons (Fsp3) is 0.615. The van der Waals surface area contributed by atoms with Crippen molar-refractivity contribution in [3.8, 4) is 0 Å². The minimum absolute atomic E-state index is 0.00467. The average molecular weight is 378 g/mol. The highest BCUT2D eigenvalue weighted by atomic mass is 31.2. The Bertz CT molecular complexity index is 773. The van der Waals surface area contributed by atoms with Crippen molar-refractivity contribution in [2.24, 2.45) is 0 Å². The van der Waals surface area contributed by atoms with Crippen molar-refractivity contribution < 1.29 is 33.0 Å². The molecule has 1 aromatic rings. The Hall–Kier alpha value is -1.78. The number of rotatable bonds is 7. The largest absolute Gasteiger partial charge is 0.457 e. The van der Waals surface area contributed by atoms with Crippen LogP contribution in [-0.2, 0) is 23.1 Å². The third-order valence-corrected chi connectivity index (χ3v) is 5.05. The molecule has 4 atom stereocenters. The molecular formula is C13H19N2O9P. The molecule has 1 aliphatic rings. The van der Waals surface area contributed by atoms with E-state index in [4.69, 9.17) is 9.26 Å². The molecule has 12 heteroatoms. The molecule has 0 saturated carbocycles. The minimum atomic E-state index is -4.16. The van der Waals surface area contributed by atoms with Crippen molar-refractivity contribution in [1.29, 1.82) is 0 Å². The van der Waals surface area contributed by atoms with E-state index in [1.54, 1.807) is 0 Å². The lowest BCUT2D eigenvalue weighted by molar-refractivity contribution is -0.0427. The van der Waals surface area contributed by atoms with Gasteiger partial charge in [0.15, 0.2) is 0 Å². The predicted molar refractivity (Wildman–Crippen MR) is 83.4 cm³/mol. The summed E-state index contributed by atoms with van der Waals surface area (Å²) >= 11 is 0. The van der Waals surface area contributed by atoms with Crippen molar-refractivity contribution in [1.82, 2.24) is 9.55 Å². The van der Waals surface area contributed by atoms with E-state index in [1.165, 1.54) is 13.1 Å². The summed E-state index contributed by atoms with van der Waals surface area (Å²) in [5.41, 5.74) is -2.39. The molecule has 140 valence electrons. The number of aliphatic hydroxyl groups is 1. The van der Waals surface area contributed by atoms with Gasteiger partial charge < -0.3 is 19.1 Å². The summed E-state index contributed by atoms with van der Waals surface area (Å²) in [4.78, 5) is 36.5. The van der Waals surface area contributed by atoms with Crippen molar-refractivity contribution >= 4 is 13.3 Å². The summed E-state index contributed by atoms with van der Waals surface area (Å²) in [6, 6.07) is 1.14. The van der Waals surface area contributed by atoms with Crippen LogP contribution in [0.2, 0.25) is 0 Å². The van der Waals surface area contributed by atoms with Crippen LogP contribution in [0.1, 0.15) is 19.6 Å². The van der Waals surface area contributed by atoms with Crippen LogP contribution >= 0.6 is 7.60 Å². The average Bonchev–Trinajstić information content (AvgIpc) is 2.93. The second-order valence-electron chi connectivity index (χ2n) is 5.12. The SMILES string of the molecule is CCOC(=O)[P@@](=O)(OC)OC[C@H]1O[C@@H](n2ccc(=O)[nH]c2=O)C[C@@H]1O. The van der Waals surface area contributed by atoms with Gasteiger partial charge in [-0.05, 0) is 6.92 Å². The molecule has 0 aliphatic carbocycles. The molecule has 0 spiro atoms. The Labute approximate surface area is 142 Å². The fourth-order valence-corrected chi connectivity index (χ4v) is 3.23. The fourth-order valence-electron chi connectivity index (χ4n) is 2.24. The van der Waals surface area contributed by atoms with Crippen LogP contribution in [0.3, 0.4) is 0 Å². The molecular weight excluding hydrogens is 359 g/mol. The van der Waals surface area contributed by atoms with Crippen LogP contribution in [-0.4, -0.2) is 52.9 Å². The first kappa shape index (κ1) is 19.5. The number of carbonyl (C=O) groups is 1. The first-order valence-corrected chi connectivity index (χ1v) is 8.97. The minimum Gasteiger partial charge on any atom is -0.457 e. The van der Waals surface area contributed by atoms with Gasteiger partial charge in [0.25, 0.3) is 5.56 Å². The van der Waals surface area contributed by atoms with Gasteiger partial charge in [-0.25, -0.2) is 14.2 Å². The van der Waals surface area contributed by atoms with E-state index >= 15 is 0 Å². The number of carbonyl (C=O) groups excluding carboxylic acids is 1. The van der Waals surface area contributed by atoms with Gasteiger partial charge >= 0.3 is 19.0 Å². The summed E-state index contributed by atoms with van der Waals surface area (Å²) in [6.07, 6.45) is -1.58. The maximum absolute atomic E-state index is 12.2. The summed E-state index contributed by atoms with van der Waals surface area (Å²) in [6.45, 7) is 1.11. The Morgan fingerprint density at radius 1 is 1.52 bits per heavy atom. The molecule has 1 saturated heterocycles. The van der Waals surface area contributed by atoms with Crippen LogP contribution in [0, 0.1) is 0 Å². The summed E-state index contributed by atoms with van der Waals surface area (Å²) in [5, 5.41) is 10.0. The van der Waals surface area contributed by atoms with E-state index in [-0.39, 0.29) is 13.0 Å². The van der Waals surface area contributed by atoms with Crippen molar-refractivity contribution in [2.45, 2.75) is 31.8 Å². The zero-order valence-corrected chi connectivity index (χ0v) is 14.5. The van der Waals surface area contributed by atoms with E-state index in [0.29, 0.717) is 0 Å². The van der Waals surface area contributed by atoms with E-state index in [1.807, 2.05) is 0 Å². The Kier molecular flexibility index (Phi) is 6.31. The predicted octanol–water partition coefficient (Wildman–Crippen LogP) is 0.198. The maximum Gasteiger partial charge on any atom is 0.438 e. The van der Waals surface area contributed by atoms with Gasteiger partial charge in [0.2, 0.25) is 0 Å². The second kappa shape index (κ2) is 8.07. The number of aromatic nitrogens is 2. The third kappa shape index (κ3) is 4.44. The summed E-state index contributed by atoms with van der Waals surface area (Å²) in [5.74, 6) is 0. The number of aliphatic hydroxyl groups excluding tert-OH is 1. The van der Waals surface area contributed by atoms with Crippen molar-refractivity contribution in [3.63, 3.8) is 0 Å². The van der Waals surface area contributed by atoms with Crippen LogP contribution < -0.4 is 11.2 Å². The Morgan fingerprint density at radius 2 is 2.24 bits per heavy atom. The lowest BCUT2D eigenvalue weighted by Crippen LogP contribution is -2.31. The second-order valence-corrected chi connectivity index (χ2v) is 7.11. The molecule has 0 bridgehead atoms. The van der Waals surface area contributed by atoms with Gasteiger partial charge in [0.1, 0.15) is 12.3 Å². The number of ether oxygens (including phenoxy) is 2. The van der Waals surface area contributed by atoms with Gasteiger partial charge in [-0.15, -0.1) is 0 Å². The number of hydrogen-bond acceptors (Lipinski definition) is 9. The molecule has 2 heterocycles. The van der Waals surface area contributed by atoms with Gasteiger partial charge in [0.05, 0.1) is 19.3 Å². The molecule has 0 radical (unpaired) electrons. The molecule has 1 fully saturated rings. The summed E-state index contributed by atoms with van der Waals surface area (Å²) < 4.78 is 33.1. The first-order chi connectivity index (χ1) is 11.8. The molecule has 0 unspecified atom stereocenters. The van der Waals surface area contributed by atoms with E-state index < -0.39 is 49.6 Å². The molecule has 0 aromatic carbocycles. The monoisotopic (exact) mass is 378 g/mol. The Morgan fingerprint density at radius 3 is 2.84 bits per heavy atom. The lowest BCUT2D eigenvalue weighted by atomic mass is 10.2. The smallest absolute Gasteiger partial charge is 0.438 e. The highest BCUT2D eigenvalue weighted by molar-refractivity contribution is 7.71. The number of hydrogen-bond donors (Lipinski definition) is 2. The normalized spacial score (nSPS) is 25.5. The van der Waals surface area contributed by atoms with Crippen LogP contribution in [0.5, 0.6) is 0 Å². The van der Waals surface area contributed by atoms with Gasteiger partial charge in [0, 0.05) is 25.8 Å². The van der Waals surface area contributed by atoms with Crippen molar-refractivity contribution in [2.75, 3.05) is 20.3 Å². The lowest BCUT2D eigenvalue weighted by Gasteiger charge is -2.19. The topological polar surface area (TPSA) is 146 Å². The van der Waals surface area contributed by atoms with Crippen LogP contribution in [0.4, 0.5) is 4.79 Å². The number of H-pyrrole nitrogens is 1. The van der Waals surface area contributed by atoms with Crippen LogP contribution in [0.25, 0.3) is 0 Å². The zero-order chi connectivity index (χ0) is 18.6. The van der Waals surface area contributed by atoms with Gasteiger partial charge in [-0.2, -0.15) is 0 Å². The number of nitrogens with zero attached hydrogens (tertiary/aromatic N) is 1. The maximum atomic E-state index is 12.2. The quantitative estimate of drug-likeness (QED) is 0.635. The zero-order valence-electron chi connectivity index (χ0n) is 13.6. The first-order valence-electron chi connectivity index (χ1n) is 7.43. The number of nitrogens with one attached hydrogen (secondary N) is 1. The molecule has 1 aromatic heterocycles. The molecule has 2 rings (SSSR count). The van der Waals surface area contributed by atoms with Gasteiger partial charge in [-0.3, -0.25) is 18.9 Å². The standard InChI is InChI=1S/C13H19N2O9P/c1-3-22-13(19)25(20,21-2)23-7-9-8(16)6-11(24-9)15-5-4-10(17)14-12(15)18/h4-5,8-9,11,16H,3,6-7H2,1-2H3,(H,14,17,18)/t8-,9+,11+,25+/m0/s1. The highest BCUT2D eigenvalue weighted by Crippen LogP contribution is 2.49. The van der Waals surface area contributed by atoms with Gasteiger partial charge in [-0.1, -0.05) is 0 Å². The molecule has 11 nitrogen and oxygen atoms in total. The van der Waals surface area contributed by atoms with E-state index in [9.17, 15) is 24.1 Å². The molecule has 2 N–H and O–H groups in total. The molecule has 25 heavy (non-hydrogen) atoms. The van der Waals surface area contributed by atoms with E-state index in [2.05, 4.69) is 14.2 Å². The van der Waals surface area contributed by atoms with Crippen LogP contribution in [0.15, 0.2) is 21.9 Å². The van der Waals surface area contributed by atoms with E-state index in [0.717, 1.165) is 17.7 Å². The molecule has 1 aliphatic heterocycles. The summed E-state index contributed by atoms with van der Waals surface area (Å²) in [7, 11) is -3.13.